The molecule has 0 saturated carbocycles. The molecule has 0 saturated heterocycles. The van der Waals surface area contributed by atoms with Gasteiger partial charge < -0.3 is 14.5 Å². The van der Waals surface area contributed by atoms with Crippen LogP contribution in [0.5, 0.6) is 5.75 Å². The van der Waals surface area contributed by atoms with Crippen molar-refractivity contribution in [3.63, 3.8) is 0 Å². The molecule has 1 atom stereocenters. The molecule has 32 heavy (non-hydrogen) atoms. The highest BCUT2D eigenvalue weighted by Crippen LogP contribution is 2.31. The Balaban J connectivity index is 1.53. The Morgan fingerprint density at radius 2 is 1.88 bits per heavy atom. The third kappa shape index (κ3) is 5.03. The van der Waals surface area contributed by atoms with Crippen LogP contribution in [0.4, 0.5) is 0 Å². The van der Waals surface area contributed by atoms with Gasteiger partial charge in [-0.05, 0) is 36.8 Å². The molecular formula is C24H24N4O3S. The lowest BCUT2D eigenvalue weighted by Gasteiger charge is -2.14. The highest BCUT2D eigenvalue weighted by Gasteiger charge is 2.20. The van der Waals surface area contributed by atoms with Gasteiger partial charge in [-0.1, -0.05) is 54.2 Å². The van der Waals surface area contributed by atoms with Crippen LogP contribution in [0.15, 0.2) is 82.6 Å². The van der Waals surface area contributed by atoms with Crippen molar-refractivity contribution in [2.24, 2.45) is 0 Å². The summed E-state index contributed by atoms with van der Waals surface area (Å²) in [6, 6.07) is 21.2. The Labute approximate surface area is 190 Å². The summed E-state index contributed by atoms with van der Waals surface area (Å²) in [5.74, 6) is 2.27. The fourth-order valence-corrected chi connectivity index (χ4v) is 4.11. The standard InChI is InChI=1S/C24H24N4O3S/c1-17(18-9-4-3-5-10-18)25-22(29)16-32-24-27-26-23(20-12-6-7-13-21(20)30-2)28(24)15-19-11-8-14-31-19/h3-14,17H,15-16H2,1-2H3,(H,25,29)/t17-/m0/s1. The lowest BCUT2D eigenvalue weighted by atomic mass is 10.1. The second kappa shape index (κ2) is 10.2. The van der Waals surface area contributed by atoms with Gasteiger partial charge in [0.1, 0.15) is 11.5 Å². The fraction of sp³-hybridized carbons (Fsp3) is 0.208. The fourth-order valence-electron chi connectivity index (χ4n) is 3.36. The number of thioether (sulfide) groups is 1. The average molecular weight is 449 g/mol. The molecule has 7 nitrogen and oxygen atoms in total. The summed E-state index contributed by atoms with van der Waals surface area (Å²) in [7, 11) is 1.62. The minimum absolute atomic E-state index is 0.0715. The van der Waals surface area contributed by atoms with Crippen LogP contribution in [-0.2, 0) is 11.3 Å². The van der Waals surface area contributed by atoms with Gasteiger partial charge in [-0.15, -0.1) is 10.2 Å². The predicted octanol–water partition coefficient (Wildman–Crippen LogP) is 4.56. The maximum Gasteiger partial charge on any atom is 0.230 e. The number of amides is 1. The van der Waals surface area contributed by atoms with Crippen molar-refractivity contribution in [1.29, 1.82) is 0 Å². The number of benzene rings is 2. The van der Waals surface area contributed by atoms with Crippen molar-refractivity contribution in [1.82, 2.24) is 20.1 Å². The topological polar surface area (TPSA) is 82.2 Å². The SMILES string of the molecule is COc1ccccc1-c1nnc(SCC(=O)N[C@@H](C)c2ccccc2)n1Cc1ccco1. The number of rotatable bonds is 9. The summed E-state index contributed by atoms with van der Waals surface area (Å²) < 4.78 is 13.0. The maximum atomic E-state index is 12.6. The maximum absolute atomic E-state index is 12.6. The Bertz CT molecular complexity index is 1160. The van der Waals surface area contributed by atoms with Gasteiger partial charge in [0.2, 0.25) is 5.91 Å². The molecule has 1 amide bonds. The number of hydrogen-bond donors (Lipinski definition) is 1. The van der Waals surface area contributed by atoms with Crippen LogP contribution in [0.1, 0.15) is 24.3 Å². The van der Waals surface area contributed by atoms with Crippen molar-refractivity contribution >= 4 is 17.7 Å². The second-order valence-electron chi connectivity index (χ2n) is 7.16. The molecule has 164 valence electrons. The van der Waals surface area contributed by atoms with Crippen molar-refractivity contribution < 1.29 is 13.9 Å². The van der Waals surface area contributed by atoms with Gasteiger partial charge in [0.25, 0.3) is 0 Å². The van der Waals surface area contributed by atoms with E-state index >= 15 is 0 Å². The largest absolute Gasteiger partial charge is 0.496 e. The number of para-hydroxylation sites is 1. The summed E-state index contributed by atoms with van der Waals surface area (Å²) in [5, 5.41) is 12.4. The first-order chi connectivity index (χ1) is 15.7. The van der Waals surface area contributed by atoms with Crippen molar-refractivity contribution in [3.8, 4) is 17.1 Å². The average Bonchev–Trinajstić information content (AvgIpc) is 3.48. The number of methoxy groups -OCH3 is 1. The molecule has 0 fully saturated rings. The van der Waals surface area contributed by atoms with Crippen molar-refractivity contribution in [2.75, 3.05) is 12.9 Å². The number of nitrogens with one attached hydrogen (secondary N) is 1. The number of hydrogen-bond acceptors (Lipinski definition) is 6. The van der Waals surface area contributed by atoms with E-state index in [9.17, 15) is 4.79 Å². The number of nitrogens with zero attached hydrogens (tertiary/aromatic N) is 3. The van der Waals surface area contributed by atoms with Gasteiger partial charge in [-0.2, -0.15) is 0 Å². The van der Waals surface area contributed by atoms with Gasteiger partial charge in [-0.25, -0.2) is 0 Å². The first kappa shape index (κ1) is 21.7. The van der Waals surface area contributed by atoms with Crippen LogP contribution in [0.2, 0.25) is 0 Å². The number of furan rings is 1. The minimum Gasteiger partial charge on any atom is -0.496 e. The molecule has 0 radical (unpaired) electrons. The van der Waals surface area contributed by atoms with Gasteiger partial charge in [0, 0.05) is 0 Å². The summed E-state index contributed by atoms with van der Waals surface area (Å²) >= 11 is 1.34. The second-order valence-corrected chi connectivity index (χ2v) is 8.10. The Morgan fingerprint density at radius 3 is 2.62 bits per heavy atom. The van der Waals surface area contributed by atoms with Crippen LogP contribution in [0.3, 0.4) is 0 Å². The van der Waals surface area contributed by atoms with E-state index in [1.807, 2.05) is 78.2 Å². The first-order valence-electron chi connectivity index (χ1n) is 10.2. The smallest absolute Gasteiger partial charge is 0.230 e. The minimum atomic E-state index is -0.0746. The molecule has 4 rings (SSSR count). The molecule has 4 aromatic rings. The zero-order valence-corrected chi connectivity index (χ0v) is 18.7. The van der Waals surface area contributed by atoms with Crippen LogP contribution in [0.25, 0.3) is 11.4 Å². The van der Waals surface area contributed by atoms with Gasteiger partial charge >= 0.3 is 0 Å². The van der Waals surface area contributed by atoms with Crippen LogP contribution < -0.4 is 10.1 Å². The quantitative estimate of drug-likeness (QED) is 0.378. The van der Waals surface area contributed by atoms with E-state index in [0.29, 0.717) is 23.3 Å². The molecular weight excluding hydrogens is 424 g/mol. The third-order valence-corrected chi connectivity index (χ3v) is 5.93. The Kier molecular flexibility index (Phi) is 6.91. The van der Waals surface area contributed by atoms with E-state index in [0.717, 1.165) is 16.9 Å². The molecule has 0 bridgehead atoms. The van der Waals surface area contributed by atoms with Crippen molar-refractivity contribution in [2.45, 2.75) is 24.7 Å². The van der Waals surface area contributed by atoms with Crippen LogP contribution in [0, 0.1) is 0 Å². The Morgan fingerprint density at radius 1 is 1.09 bits per heavy atom. The summed E-state index contributed by atoms with van der Waals surface area (Å²) in [6.45, 7) is 2.41. The normalized spacial score (nSPS) is 11.8. The highest BCUT2D eigenvalue weighted by atomic mass is 32.2. The van der Waals surface area contributed by atoms with E-state index in [1.165, 1.54) is 11.8 Å². The summed E-state index contributed by atoms with van der Waals surface area (Å²) in [5.41, 5.74) is 1.88. The van der Waals surface area contributed by atoms with E-state index in [1.54, 1.807) is 13.4 Å². The molecule has 1 N–H and O–H groups in total. The lowest BCUT2D eigenvalue weighted by molar-refractivity contribution is -0.119. The van der Waals surface area contributed by atoms with Gasteiger partial charge in [0.05, 0.1) is 37.3 Å². The zero-order valence-electron chi connectivity index (χ0n) is 17.9. The predicted molar refractivity (Wildman–Crippen MR) is 124 cm³/mol. The molecule has 2 aromatic heterocycles. The van der Waals surface area contributed by atoms with Crippen molar-refractivity contribution in [3.05, 3.63) is 84.3 Å². The monoisotopic (exact) mass is 448 g/mol. The number of ether oxygens (including phenoxy) is 1. The first-order valence-corrected chi connectivity index (χ1v) is 11.2. The molecule has 2 aromatic carbocycles. The summed E-state index contributed by atoms with van der Waals surface area (Å²) in [4.78, 5) is 12.6. The van der Waals surface area contributed by atoms with Gasteiger partial charge in [-0.3, -0.25) is 9.36 Å². The lowest BCUT2D eigenvalue weighted by Crippen LogP contribution is -2.28. The third-order valence-electron chi connectivity index (χ3n) is 4.97. The number of aromatic nitrogens is 3. The van der Waals surface area contributed by atoms with E-state index in [2.05, 4.69) is 15.5 Å². The van der Waals surface area contributed by atoms with Crippen LogP contribution in [-0.4, -0.2) is 33.5 Å². The molecule has 0 aliphatic rings. The number of carbonyl (C=O) groups excluding carboxylic acids is 1. The molecule has 0 aliphatic heterocycles. The molecule has 0 spiro atoms. The van der Waals surface area contributed by atoms with E-state index in [4.69, 9.17) is 9.15 Å². The number of carbonyl (C=O) groups is 1. The van der Waals surface area contributed by atoms with Crippen LogP contribution >= 0.6 is 11.8 Å². The molecule has 8 heteroatoms. The van der Waals surface area contributed by atoms with E-state index in [-0.39, 0.29) is 17.7 Å². The Hall–Kier alpha value is -3.52. The molecule has 0 unspecified atom stereocenters. The van der Waals surface area contributed by atoms with E-state index < -0.39 is 0 Å². The molecule has 2 heterocycles. The van der Waals surface area contributed by atoms with Gasteiger partial charge in [0.15, 0.2) is 11.0 Å². The molecule has 0 aliphatic carbocycles. The zero-order chi connectivity index (χ0) is 22.3. The highest BCUT2D eigenvalue weighted by molar-refractivity contribution is 7.99. The summed E-state index contributed by atoms with van der Waals surface area (Å²) in [6.07, 6.45) is 1.63.